The number of hydrogen-bond donors (Lipinski definition) is 3. The fraction of sp³-hybridized carbons (Fsp3) is 0.556. The first kappa shape index (κ1) is 10.7. The van der Waals surface area contributed by atoms with Crippen LogP contribution in [0, 0.1) is 5.92 Å². The Bertz CT molecular complexity index is 281. The Kier molecular flexibility index (Phi) is 3.64. The van der Waals surface area contributed by atoms with Gasteiger partial charge in [-0.2, -0.15) is 0 Å². The SMILES string of the molecule is CC(C)C(N)CNC(=O)c1cnc[nH]1. The minimum atomic E-state index is -0.168. The molecule has 1 heterocycles. The molecule has 0 spiro atoms. The predicted molar refractivity (Wildman–Crippen MR) is 53.7 cm³/mol. The third kappa shape index (κ3) is 2.85. The van der Waals surface area contributed by atoms with Crippen molar-refractivity contribution in [1.29, 1.82) is 0 Å². The molecule has 1 aromatic heterocycles. The summed E-state index contributed by atoms with van der Waals surface area (Å²) < 4.78 is 0. The summed E-state index contributed by atoms with van der Waals surface area (Å²) in [5, 5.41) is 2.73. The fourth-order valence-electron chi connectivity index (χ4n) is 0.922. The molecule has 1 rings (SSSR count). The lowest BCUT2D eigenvalue weighted by Crippen LogP contribution is -2.40. The third-order valence-corrected chi connectivity index (χ3v) is 2.10. The van der Waals surface area contributed by atoms with Crippen molar-refractivity contribution >= 4 is 5.91 Å². The molecule has 1 aromatic rings. The number of nitrogens with zero attached hydrogens (tertiary/aromatic N) is 1. The van der Waals surface area contributed by atoms with Gasteiger partial charge in [0.15, 0.2) is 0 Å². The first-order valence-corrected chi connectivity index (χ1v) is 4.63. The van der Waals surface area contributed by atoms with Gasteiger partial charge in [0.1, 0.15) is 5.69 Å². The Morgan fingerprint density at radius 3 is 2.93 bits per heavy atom. The average Bonchev–Trinajstić information content (AvgIpc) is 2.66. The number of H-pyrrole nitrogens is 1. The first-order valence-electron chi connectivity index (χ1n) is 4.63. The molecule has 0 fully saturated rings. The van der Waals surface area contributed by atoms with Crippen molar-refractivity contribution in [3.05, 3.63) is 18.2 Å². The number of imidazole rings is 1. The normalized spacial score (nSPS) is 12.9. The van der Waals surface area contributed by atoms with Crippen LogP contribution < -0.4 is 11.1 Å². The Labute approximate surface area is 83.1 Å². The molecule has 78 valence electrons. The van der Waals surface area contributed by atoms with E-state index < -0.39 is 0 Å². The van der Waals surface area contributed by atoms with Gasteiger partial charge in [-0.15, -0.1) is 0 Å². The number of carbonyl (C=O) groups is 1. The molecule has 0 saturated heterocycles. The zero-order valence-corrected chi connectivity index (χ0v) is 8.45. The monoisotopic (exact) mass is 196 g/mol. The van der Waals surface area contributed by atoms with Gasteiger partial charge in [0.05, 0.1) is 12.5 Å². The van der Waals surface area contributed by atoms with Gasteiger partial charge in [0.25, 0.3) is 5.91 Å². The summed E-state index contributed by atoms with van der Waals surface area (Å²) in [5.41, 5.74) is 6.24. The van der Waals surface area contributed by atoms with Crippen LogP contribution in [0.3, 0.4) is 0 Å². The van der Waals surface area contributed by atoms with E-state index in [1.165, 1.54) is 12.5 Å². The summed E-state index contributed by atoms with van der Waals surface area (Å²) in [6.45, 7) is 4.52. The molecule has 0 aliphatic rings. The van der Waals surface area contributed by atoms with Gasteiger partial charge >= 0.3 is 0 Å². The van der Waals surface area contributed by atoms with Gasteiger partial charge in [-0.05, 0) is 5.92 Å². The number of aromatic amines is 1. The van der Waals surface area contributed by atoms with Crippen LogP contribution in [0.2, 0.25) is 0 Å². The minimum absolute atomic E-state index is 0.0122. The van der Waals surface area contributed by atoms with Crippen molar-refractivity contribution in [3.8, 4) is 0 Å². The van der Waals surface area contributed by atoms with Crippen LogP contribution in [0.15, 0.2) is 12.5 Å². The Morgan fingerprint density at radius 1 is 1.71 bits per heavy atom. The lowest BCUT2D eigenvalue weighted by molar-refractivity contribution is 0.0945. The Morgan fingerprint density at radius 2 is 2.43 bits per heavy atom. The maximum Gasteiger partial charge on any atom is 0.269 e. The lowest BCUT2D eigenvalue weighted by Gasteiger charge is -2.15. The molecule has 0 aromatic carbocycles. The number of amides is 1. The highest BCUT2D eigenvalue weighted by molar-refractivity contribution is 5.91. The van der Waals surface area contributed by atoms with Crippen LogP contribution in [0.4, 0.5) is 0 Å². The van der Waals surface area contributed by atoms with Gasteiger partial charge in [0.2, 0.25) is 0 Å². The van der Waals surface area contributed by atoms with Crippen molar-refractivity contribution < 1.29 is 4.79 Å². The summed E-state index contributed by atoms with van der Waals surface area (Å²) in [7, 11) is 0. The van der Waals surface area contributed by atoms with E-state index in [1.54, 1.807) is 0 Å². The van der Waals surface area contributed by atoms with E-state index in [-0.39, 0.29) is 11.9 Å². The Balaban J connectivity index is 2.36. The lowest BCUT2D eigenvalue weighted by atomic mass is 10.1. The first-order chi connectivity index (χ1) is 6.61. The number of hydrogen-bond acceptors (Lipinski definition) is 3. The number of nitrogens with one attached hydrogen (secondary N) is 2. The summed E-state index contributed by atoms with van der Waals surface area (Å²) in [5.74, 6) is 0.190. The second kappa shape index (κ2) is 4.76. The van der Waals surface area contributed by atoms with E-state index in [1.807, 2.05) is 13.8 Å². The maximum absolute atomic E-state index is 11.4. The summed E-state index contributed by atoms with van der Waals surface area (Å²) >= 11 is 0. The van der Waals surface area contributed by atoms with Crippen LogP contribution >= 0.6 is 0 Å². The highest BCUT2D eigenvalue weighted by atomic mass is 16.1. The molecular weight excluding hydrogens is 180 g/mol. The number of aromatic nitrogens is 2. The van der Waals surface area contributed by atoms with Gasteiger partial charge < -0.3 is 16.0 Å². The summed E-state index contributed by atoms with van der Waals surface area (Å²) in [4.78, 5) is 17.9. The predicted octanol–water partition coefficient (Wildman–Crippen LogP) is 0.123. The molecular formula is C9H16N4O. The quantitative estimate of drug-likeness (QED) is 0.639. The molecule has 1 unspecified atom stereocenters. The molecule has 14 heavy (non-hydrogen) atoms. The number of nitrogens with two attached hydrogens (primary N) is 1. The fourth-order valence-corrected chi connectivity index (χ4v) is 0.922. The van der Waals surface area contributed by atoms with Crippen LogP contribution in [0.25, 0.3) is 0 Å². The van der Waals surface area contributed by atoms with Crippen LogP contribution in [-0.2, 0) is 0 Å². The van der Waals surface area contributed by atoms with Crippen LogP contribution in [0.1, 0.15) is 24.3 Å². The van der Waals surface area contributed by atoms with Crippen molar-refractivity contribution in [3.63, 3.8) is 0 Å². The Hall–Kier alpha value is -1.36. The highest BCUT2D eigenvalue weighted by Gasteiger charge is 2.10. The largest absolute Gasteiger partial charge is 0.349 e. The molecule has 0 bridgehead atoms. The van der Waals surface area contributed by atoms with Crippen molar-refractivity contribution in [1.82, 2.24) is 15.3 Å². The third-order valence-electron chi connectivity index (χ3n) is 2.10. The molecule has 5 nitrogen and oxygen atoms in total. The second-order valence-corrected chi connectivity index (χ2v) is 3.58. The molecule has 0 radical (unpaired) electrons. The van der Waals surface area contributed by atoms with E-state index in [9.17, 15) is 4.79 Å². The highest BCUT2D eigenvalue weighted by Crippen LogP contribution is 1.97. The van der Waals surface area contributed by atoms with Gasteiger partial charge in [0, 0.05) is 12.6 Å². The van der Waals surface area contributed by atoms with Crippen molar-refractivity contribution in [2.45, 2.75) is 19.9 Å². The van der Waals surface area contributed by atoms with E-state index in [0.29, 0.717) is 18.2 Å². The molecule has 1 atom stereocenters. The standard InChI is InChI=1S/C9H16N4O/c1-6(2)7(10)3-12-9(14)8-4-11-5-13-8/h4-7H,3,10H2,1-2H3,(H,11,13)(H,12,14). The molecule has 0 saturated carbocycles. The average molecular weight is 196 g/mol. The minimum Gasteiger partial charge on any atom is -0.349 e. The topological polar surface area (TPSA) is 83.8 Å². The second-order valence-electron chi connectivity index (χ2n) is 3.58. The van der Waals surface area contributed by atoms with Gasteiger partial charge in [-0.3, -0.25) is 4.79 Å². The van der Waals surface area contributed by atoms with Gasteiger partial charge in [-0.1, -0.05) is 13.8 Å². The van der Waals surface area contributed by atoms with Crippen LogP contribution in [-0.4, -0.2) is 28.5 Å². The molecule has 0 aliphatic carbocycles. The number of carbonyl (C=O) groups excluding carboxylic acids is 1. The molecule has 4 N–H and O–H groups in total. The number of rotatable bonds is 4. The van der Waals surface area contributed by atoms with Crippen molar-refractivity contribution in [2.75, 3.05) is 6.54 Å². The summed E-state index contributed by atoms with van der Waals surface area (Å²) in [6, 6.07) is -0.0122. The molecule has 0 aliphatic heterocycles. The summed E-state index contributed by atoms with van der Waals surface area (Å²) in [6.07, 6.45) is 2.95. The van der Waals surface area contributed by atoms with E-state index >= 15 is 0 Å². The van der Waals surface area contributed by atoms with E-state index in [0.717, 1.165) is 0 Å². The van der Waals surface area contributed by atoms with Gasteiger partial charge in [-0.25, -0.2) is 4.98 Å². The maximum atomic E-state index is 11.4. The van der Waals surface area contributed by atoms with E-state index in [2.05, 4.69) is 15.3 Å². The zero-order valence-electron chi connectivity index (χ0n) is 8.45. The van der Waals surface area contributed by atoms with Crippen molar-refractivity contribution in [2.24, 2.45) is 11.7 Å². The smallest absolute Gasteiger partial charge is 0.269 e. The molecule has 1 amide bonds. The van der Waals surface area contributed by atoms with Crippen LogP contribution in [0.5, 0.6) is 0 Å². The molecule has 5 heteroatoms. The van der Waals surface area contributed by atoms with E-state index in [4.69, 9.17) is 5.73 Å². The zero-order chi connectivity index (χ0) is 10.6.